The number of benzene rings is 3. The van der Waals surface area contributed by atoms with E-state index in [4.69, 9.17) is 0 Å². The second-order valence-electron chi connectivity index (χ2n) is 9.92. The average Bonchev–Trinajstić information content (AvgIpc) is 2.93. The Morgan fingerprint density at radius 1 is 0.944 bits per heavy atom. The van der Waals surface area contributed by atoms with Gasteiger partial charge in [0.2, 0.25) is 5.91 Å². The van der Waals surface area contributed by atoms with E-state index < -0.39 is 0 Å². The molecule has 4 aromatic rings. The molecule has 0 spiro atoms. The van der Waals surface area contributed by atoms with Crippen molar-refractivity contribution < 1.29 is 4.79 Å². The summed E-state index contributed by atoms with van der Waals surface area (Å²) >= 11 is 0. The van der Waals surface area contributed by atoms with Gasteiger partial charge in [-0.15, -0.1) is 0 Å². The lowest BCUT2D eigenvalue weighted by Crippen LogP contribution is -2.33. The van der Waals surface area contributed by atoms with Gasteiger partial charge in [-0.3, -0.25) is 14.7 Å². The monoisotopic (exact) mass is 477 g/mol. The Morgan fingerprint density at radius 2 is 1.67 bits per heavy atom. The van der Waals surface area contributed by atoms with Crippen LogP contribution in [0.2, 0.25) is 0 Å². The largest absolute Gasteiger partial charge is 0.353 e. The van der Waals surface area contributed by atoms with Gasteiger partial charge in [-0.05, 0) is 89.2 Å². The van der Waals surface area contributed by atoms with Crippen molar-refractivity contribution in [3.63, 3.8) is 0 Å². The van der Waals surface area contributed by atoms with Crippen molar-refractivity contribution in [3.8, 4) is 0 Å². The summed E-state index contributed by atoms with van der Waals surface area (Å²) < 4.78 is 0. The Balaban J connectivity index is 1.06. The molecule has 1 amide bonds. The Hall–Kier alpha value is -3.50. The number of piperidine rings is 1. The number of hydrogen-bond acceptors (Lipinski definition) is 3. The van der Waals surface area contributed by atoms with Crippen LogP contribution in [0.15, 0.2) is 85.2 Å². The van der Waals surface area contributed by atoms with Gasteiger partial charge in [0.1, 0.15) is 0 Å². The van der Waals surface area contributed by atoms with Gasteiger partial charge in [0.25, 0.3) is 0 Å². The minimum Gasteiger partial charge on any atom is -0.353 e. The van der Waals surface area contributed by atoms with Crippen LogP contribution in [0.3, 0.4) is 0 Å². The molecular formula is C32H35N3O. The molecule has 0 unspecified atom stereocenters. The molecule has 184 valence electrons. The molecule has 4 heteroatoms. The first kappa shape index (κ1) is 24.2. The first-order chi connectivity index (χ1) is 17.8. The van der Waals surface area contributed by atoms with E-state index in [1.807, 2.05) is 12.1 Å². The van der Waals surface area contributed by atoms with E-state index in [0.29, 0.717) is 0 Å². The van der Waals surface area contributed by atoms with Gasteiger partial charge >= 0.3 is 0 Å². The summed E-state index contributed by atoms with van der Waals surface area (Å²) in [5.41, 5.74) is 2.41. The van der Waals surface area contributed by atoms with Crippen LogP contribution in [0.5, 0.6) is 0 Å². The lowest BCUT2D eigenvalue weighted by Gasteiger charge is -2.32. The summed E-state index contributed by atoms with van der Waals surface area (Å²) in [6.07, 6.45) is 12.9. The second-order valence-corrected chi connectivity index (χ2v) is 9.92. The molecule has 1 aromatic heterocycles. The van der Waals surface area contributed by atoms with Gasteiger partial charge in [0.05, 0.1) is 0 Å². The van der Waals surface area contributed by atoms with Crippen LogP contribution in [0, 0.1) is 5.92 Å². The number of rotatable bonds is 9. The topological polar surface area (TPSA) is 45.2 Å². The molecule has 0 bridgehead atoms. The zero-order valence-electron chi connectivity index (χ0n) is 20.9. The molecule has 1 fully saturated rings. The molecule has 1 aliphatic rings. The number of aromatic nitrogens is 1. The third-order valence-electron chi connectivity index (χ3n) is 7.42. The minimum atomic E-state index is -0.0341. The number of carbonyl (C=O) groups excluding carboxylic acids is 1. The van der Waals surface area contributed by atoms with E-state index in [2.05, 4.69) is 69.8 Å². The first-order valence-corrected chi connectivity index (χ1v) is 13.2. The molecule has 2 heterocycles. The van der Waals surface area contributed by atoms with E-state index in [1.165, 1.54) is 52.8 Å². The van der Waals surface area contributed by atoms with E-state index in [0.717, 1.165) is 44.1 Å². The molecular weight excluding hydrogens is 442 g/mol. The number of hydrogen-bond donors (Lipinski definition) is 1. The highest BCUT2D eigenvalue weighted by molar-refractivity contribution is 6.02. The van der Waals surface area contributed by atoms with Gasteiger partial charge in [-0.1, -0.05) is 67.4 Å². The van der Waals surface area contributed by atoms with Crippen LogP contribution in [0.4, 0.5) is 0 Å². The normalized spacial score (nSPS) is 15.1. The fourth-order valence-corrected chi connectivity index (χ4v) is 5.41. The fraction of sp³-hybridized carbons (Fsp3) is 0.312. The van der Waals surface area contributed by atoms with E-state index in [-0.39, 0.29) is 5.91 Å². The van der Waals surface area contributed by atoms with Crippen LogP contribution in [-0.4, -0.2) is 35.4 Å². The Bertz CT molecular complexity index is 1270. The second kappa shape index (κ2) is 12.0. The van der Waals surface area contributed by atoms with Crippen LogP contribution < -0.4 is 5.32 Å². The van der Waals surface area contributed by atoms with Crippen LogP contribution >= 0.6 is 0 Å². The average molecular weight is 478 g/mol. The smallest absolute Gasteiger partial charge is 0.243 e. The van der Waals surface area contributed by atoms with Crippen LogP contribution in [-0.2, 0) is 11.3 Å². The highest BCUT2D eigenvalue weighted by Gasteiger charge is 2.20. The summed E-state index contributed by atoms with van der Waals surface area (Å²) in [4.78, 5) is 18.7. The number of pyridine rings is 1. The number of unbranched alkanes of at least 4 members (excludes halogenated alkanes) is 1. The van der Waals surface area contributed by atoms with Crippen molar-refractivity contribution in [1.82, 2.24) is 15.2 Å². The third kappa shape index (κ3) is 6.19. The quantitative estimate of drug-likeness (QED) is 0.168. The Kier molecular flexibility index (Phi) is 8.04. The number of fused-ring (bicyclic) bond motifs is 2. The zero-order chi connectivity index (χ0) is 24.6. The van der Waals surface area contributed by atoms with Crippen molar-refractivity contribution in [1.29, 1.82) is 0 Å². The highest BCUT2D eigenvalue weighted by atomic mass is 16.1. The summed E-state index contributed by atoms with van der Waals surface area (Å²) in [6.45, 7) is 4.09. The number of nitrogens with one attached hydrogen (secondary N) is 1. The molecule has 0 saturated carbocycles. The Labute approximate surface area is 214 Å². The predicted molar refractivity (Wildman–Crippen MR) is 150 cm³/mol. The lowest BCUT2D eigenvalue weighted by molar-refractivity contribution is -0.116. The van der Waals surface area contributed by atoms with Crippen molar-refractivity contribution in [2.75, 3.05) is 19.6 Å². The highest BCUT2D eigenvalue weighted by Crippen LogP contribution is 2.31. The first-order valence-electron chi connectivity index (χ1n) is 13.2. The van der Waals surface area contributed by atoms with Gasteiger partial charge in [0.15, 0.2) is 0 Å². The van der Waals surface area contributed by atoms with Crippen LogP contribution in [0.1, 0.15) is 43.2 Å². The molecule has 1 aliphatic heterocycles. The Morgan fingerprint density at radius 3 is 2.36 bits per heavy atom. The molecule has 1 N–H and O–H groups in total. The van der Waals surface area contributed by atoms with Crippen molar-refractivity contribution in [2.45, 2.75) is 38.6 Å². The molecule has 0 atom stereocenters. The van der Waals surface area contributed by atoms with Gasteiger partial charge < -0.3 is 5.32 Å². The van der Waals surface area contributed by atoms with E-state index in [9.17, 15) is 4.79 Å². The molecule has 0 radical (unpaired) electrons. The summed E-state index contributed by atoms with van der Waals surface area (Å²) in [7, 11) is 0. The molecule has 3 aromatic carbocycles. The molecule has 5 rings (SSSR count). The number of likely N-dealkylation sites (tertiary alicyclic amines) is 1. The predicted octanol–water partition coefficient (Wildman–Crippen LogP) is 6.60. The third-order valence-corrected chi connectivity index (χ3v) is 7.42. The van der Waals surface area contributed by atoms with Gasteiger partial charge in [-0.25, -0.2) is 0 Å². The molecule has 36 heavy (non-hydrogen) atoms. The molecule has 4 nitrogen and oxygen atoms in total. The summed E-state index contributed by atoms with van der Waals surface area (Å²) in [5, 5.41) is 8.44. The summed E-state index contributed by atoms with van der Waals surface area (Å²) in [6, 6.07) is 23.7. The van der Waals surface area contributed by atoms with Crippen molar-refractivity contribution in [3.05, 3.63) is 96.3 Å². The maximum Gasteiger partial charge on any atom is 0.243 e. The lowest BCUT2D eigenvalue weighted by atomic mass is 9.90. The maximum absolute atomic E-state index is 12.0. The van der Waals surface area contributed by atoms with Gasteiger partial charge in [0, 0.05) is 31.6 Å². The van der Waals surface area contributed by atoms with E-state index >= 15 is 0 Å². The minimum absolute atomic E-state index is 0.0341. The summed E-state index contributed by atoms with van der Waals surface area (Å²) in [5.74, 6) is 0.764. The van der Waals surface area contributed by atoms with Crippen LogP contribution in [0.25, 0.3) is 27.6 Å². The molecule has 1 saturated heterocycles. The van der Waals surface area contributed by atoms with Crippen molar-refractivity contribution in [2.24, 2.45) is 5.92 Å². The molecule has 0 aliphatic carbocycles. The number of nitrogens with zero attached hydrogens (tertiary/aromatic N) is 2. The fourth-order valence-electron chi connectivity index (χ4n) is 5.41. The number of amides is 1. The van der Waals surface area contributed by atoms with Crippen molar-refractivity contribution >= 4 is 33.5 Å². The zero-order valence-corrected chi connectivity index (χ0v) is 20.9. The standard InChI is InChI=1S/C32H35N3O/c36-32(15-14-26-9-7-18-33-23-26)34-19-6-5-8-25-16-20-35(21-17-25)24-31-29-12-3-1-10-27(29)22-28-11-2-4-13-30(28)31/h1-4,7,9-15,18,22-23,25H,5-6,8,16-17,19-21,24H2,(H,34,36)/b15-14+. The van der Waals surface area contributed by atoms with E-state index in [1.54, 1.807) is 24.5 Å². The SMILES string of the molecule is O=C(/C=C/c1cccnc1)NCCCCC1CCN(Cc2c3ccccc3cc3ccccc23)CC1. The van der Waals surface area contributed by atoms with Gasteiger partial charge in [-0.2, -0.15) is 0 Å². The number of carbonyl (C=O) groups is 1. The maximum atomic E-state index is 12.0.